The monoisotopic (exact) mass is 365 g/mol. The molecule has 0 saturated carbocycles. The molecule has 0 aliphatic carbocycles. The third-order valence-electron chi connectivity index (χ3n) is 6.29. The second-order valence-corrected chi connectivity index (χ2v) is 8.15. The molecule has 0 radical (unpaired) electrons. The maximum Gasteiger partial charge on any atom is 0.0712 e. The molecule has 1 heterocycles. The fourth-order valence-corrected chi connectivity index (χ4v) is 4.86. The third-order valence-corrected chi connectivity index (χ3v) is 6.29. The maximum absolute atomic E-state index is 11.9. The summed E-state index contributed by atoms with van der Waals surface area (Å²) in [6.45, 7) is 4.47. The molecule has 1 fully saturated rings. The maximum atomic E-state index is 11.9. The highest BCUT2D eigenvalue weighted by Gasteiger charge is 2.46. The van der Waals surface area contributed by atoms with Gasteiger partial charge in [0.2, 0.25) is 0 Å². The molecule has 1 saturated heterocycles. The van der Waals surface area contributed by atoms with E-state index in [1.165, 1.54) is 30.4 Å². The molecule has 2 aromatic carbocycles. The van der Waals surface area contributed by atoms with E-state index >= 15 is 0 Å². The number of benzene rings is 2. The molecule has 27 heavy (non-hydrogen) atoms. The summed E-state index contributed by atoms with van der Waals surface area (Å²) in [5, 5.41) is 15.7. The molecule has 0 spiro atoms. The predicted molar refractivity (Wildman–Crippen MR) is 114 cm³/mol. The van der Waals surface area contributed by atoms with Crippen molar-refractivity contribution in [2.45, 2.75) is 76.5 Å². The summed E-state index contributed by atoms with van der Waals surface area (Å²) in [6, 6.07) is 21.7. The largest absolute Gasteiger partial charge is 0.389 e. The van der Waals surface area contributed by atoms with Crippen molar-refractivity contribution in [1.29, 1.82) is 0 Å². The van der Waals surface area contributed by atoms with Crippen molar-refractivity contribution >= 4 is 0 Å². The quantitative estimate of drug-likeness (QED) is 0.547. The zero-order chi connectivity index (χ0) is 19.1. The van der Waals surface area contributed by atoms with Crippen LogP contribution in [0.15, 0.2) is 60.7 Å². The molecule has 0 aromatic heterocycles. The van der Waals surface area contributed by atoms with Crippen LogP contribution in [0, 0.1) is 5.92 Å². The summed E-state index contributed by atoms with van der Waals surface area (Å²) >= 11 is 0. The fourth-order valence-electron chi connectivity index (χ4n) is 4.86. The second-order valence-electron chi connectivity index (χ2n) is 8.15. The Morgan fingerprint density at radius 2 is 1.52 bits per heavy atom. The van der Waals surface area contributed by atoms with Gasteiger partial charge in [-0.05, 0) is 30.4 Å². The van der Waals surface area contributed by atoms with Gasteiger partial charge < -0.3 is 10.4 Å². The van der Waals surface area contributed by atoms with E-state index in [1.807, 2.05) is 0 Å². The predicted octanol–water partition coefficient (Wildman–Crippen LogP) is 6.19. The van der Waals surface area contributed by atoms with Crippen LogP contribution in [0.4, 0.5) is 0 Å². The third kappa shape index (κ3) is 4.80. The summed E-state index contributed by atoms with van der Waals surface area (Å²) < 4.78 is 0. The summed E-state index contributed by atoms with van der Waals surface area (Å²) in [5.41, 5.74) is 1.95. The van der Waals surface area contributed by atoms with Gasteiger partial charge in [-0.2, -0.15) is 0 Å². The van der Waals surface area contributed by atoms with Crippen molar-refractivity contribution in [3.8, 4) is 0 Å². The first kappa shape index (κ1) is 20.1. The van der Waals surface area contributed by atoms with Gasteiger partial charge >= 0.3 is 0 Å². The Labute approximate surface area is 165 Å². The lowest BCUT2D eigenvalue weighted by Crippen LogP contribution is -2.53. The molecule has 0 unspecified atom stereocenters. The molecule has 0 amide bonds. The Morgan fingerprint density at radius 1 is 0.889 bits per heavy atom. The number of aliphatic hydroxyl groups is 1. The van der Waals surface area contributed by atoms with Crippen molar-refractivity contribution in [2.24, 2.45) is 5.92 Å². The van der Waals surface area contributed by atoms with E-state index in [0.717, 1.165) is 25.7 Å². The van der Waals surface area contributed by atoms with Gasteiger partial charge in [-0.25, -0.2) is 0 Å². The minimum atomic E-state index is -0.616. The minimum Gasteiger partial charge on any atom is -0.389 e. The van der Waals surface area contributed by atoms with E-state index < -0.39 is 5.60 Å². The normalized spacial score (nSPS) is 28.2. The molecule has 4 atom stereocenters. The van der Waals surface area contributed by atoms with Crippen molar-refractivity contribution in [3.05, 3.63) is 71.8 Å². The van der Waals surface area contributed by atoms with Gasteiger partial charge in [0.05, 0.1) is 5.60 Å². The van der Waals surface area contributed by atoms with Crippen LogP contribution in [-0.4, -0.2) is 10.7 Å². The highest BCUT2D eigenvalue weighted by atomic mass is 16.3. The summed E-state index contributed by atoms with van der Waals surface area (Å²) in [6.07, 6.45) is 7.51. The van der Waals surface area contributed by atoms with Crippen LogP contribution in [0.3, 0.4) is 0 Å². The van der Waals surface area contributed by atoms with Crippen LogP contribution in [0.1, 0.15) is 82.0 Å². The highest BCUT2D eigenvalue weighted by molar-refractivity contribution is 5.26. The van der Waals surface area contributed by atoms with Crippen molar-refractivity contribution < 1.29 is 5.11 Å². The second kappa shape index (κ2) is 9.52. The molecule has 1 aliphatic heterocycles. The van der Waals surface area contributed by atoms with Crippen LogP contribution < -0.4 is 5.32 Å². The van der Waals surface area contributed by atoms with Crippen molar-refractivity contribution in [1.82, 2.24) is 5.32 Å². The lowest BCUT2D eigenvalue weighted by molar-refractivity contribution is -0.0838. The highest BCUT2D eigenvalue weighted by Crippen LogP contribution is 2.47. The fraction of sp³-hybridized carbons (Fsp3) is 0.520. The Balaban J connectivity index is 1.89. The molecular weight excluding hydrogens is 330 g/mol. The molecule has 2 nitrogen and oxygen atoms in total. The average molecular weight is 366 g/mol. The lowest BCUT2D eigenvalue weighted by Gasteiger charge is -2.49. The standard InChI is InChI=1S/C25H35NO/c1-3-5-6-13-18-25(27)19-23(20-14-9-7-10-15-20)26-24(22(25)4-2)21-16-11-8-12-17-21/h7-12,14-17,22-24,26-27H,3-6,13,18-19H2,1-2H3/t22-,23-,24-,25+/m1/s1. The first-order valence-corrected chi connectivity index (χ1v) is 10.8. The SMILES string of the molecule is CCCCCC[C@]1(O)C[C@H](c2ccccc2)N[C@H](c2ccccc2)[C@H]1CC. The molecule has 0 bridgehead atoms. The first-order valence-electron chi connectivity index (χ1n) is 10.8. The number of hydrogen-bond donors (Lipinski definition) is 2. The Morgan fingerprint density at radius 3 is 2.11 bits per heavy atom. The van der Waals surface area contributed by atoms with Crippen LogP contribution in [0.2, 0.25) is 0 Å². The molecule has 3 rings (SSSR count). The van der Waals surface area contributed by atoms with Crippen LogP contribution in [-0.2, 0) is 0 Å². The molecule has 2 N–H and O–H groups in total. The van der Waals surface area contributed by atoms with Crippen molar-refractivity contribution in [2.75, 3.05) is 0 Å². The number of nitrogens with one attached hydrogen (secondary N) is 1. The zero-order valence-corrected chi connectivity index (χ0v) is 16.9. The van der Waals surface area contributed by atoms with E-state index in [4.69, 9.17) is 0 Å². The van der Waals surface area contributed by atoms with Gasteiger partial charge in [0.1, 0.15) is 0 Å². The zero-order valence-electron chi connectivity index (χ0n) is 16.9. The van der Waals surface area contributed by atoms with Crippen LogP contribution in [0.25, 0.3) is 0 Å². The number of unbranched alkanes of at least 4 members (excludes halogenated alkanes) is 3. The molecule has 2 heteroatoms. The summed E-state index contributed by atoms with van der Waals surface area (Å²) in [5.74, 6) is 0.237. The summed E-state index contributed by atoms with van der Waals surface area (Å²) in [4.78, 5) is 0. The van der Waals surface area contributed by atoms with Crippen LogP contribution >= 0.6 is 0 Å². The smallest absolute Gasteiger partial charge is 0.0712 e. The van der Waals surface area contributed by atoms with E-state index in [9.17, 15) is 5.11 Å². The van der Waals surface area contributed by atoms with Crippen LogP contribution in [0.5, 0.6) is 0 Å². The minimum absolute atomic E-state index is 0.186. The average Bonchev–Trinajstić information content (AvgIpc) is 2.72. The van der Waals surface area contributed by atoms with Crippen molar-refractivity contribution in [3.63, 3.8) is 0 Å². The van der Waals surface area contributed by atoms with E-state index in [-0.39, 0.29) is 18.0 Å². The Kier molecular flexibility index (Phi) is 7.09. The van der Waals surface area contributed by atoms with Gasteiger partial charge in [-0.1, -0.05) is 100 Å². The lowest BCUT2D eigenvalue weighted by atomic mass is 9.68. The van der Waals surface area contributed by atoms with E-state index in [0.29, 0.717) is 0 Å². The number of hydrogen-bond acceptors (Lipinski definition) is 2. The topological polar surface area (TPSA) is 32.3 Å². The van der Waals surface area contributed by atoms with Gasteiger partial charge in [0, 0.05) is 18.0 Å². The van der Waals surface area contributed by atoms with Gasteiger partial charge in [0.15, 0.2) is 0 Å². The molecular formula is C25H35NO. The summed E-state index contributed by atoms with van der Waals surface area (Å²) in [7, 11) is 0. The van der Waals surface area contributed by atoms with E-state index in [1.54, 1.807) is 0 Å². The number of piperidine rings is 1. The molecule has 146 valence electrons. The van der Waals surface area contributed by atoms with Gasteiger partial charge in [-0.3, -0.25) is 0 Å². The van der Waals surface area contributed by atoms with Gasteiger partial charge in [-0.15, -0.1) is 0 Å². The molecule has 1 aliphatic rings. The van der Waals surface area contributed by atoms with E-state index in [2.05, 4.69) is 79.8 Å². The Bertz CT molecular complexity index is 671. The number of rotatable bonds is 8. The molecule has 2 aromatic rings. The first-order chi connectivity index (χ1) is 13.2. The Hall–Kier alpha value is -1.64. The van der Waals surface area contributed by atoms with Gasteiger partial charge in [0.25, 0.3) is 0 Å².